The van der Waals surface area contributed by atoms with Gasteiger partial charge in [-0.2, -0.15) is 0 Å². The molecule has 0 aromatic carbocycles. The van der Waals surface area contributed by atoms with E-state index in [1.54, 1.807) is 12.0 Å². The van der Waals surface area contributed by atoms with Gasteiger partial charge in [0, 0.05) is 13.2 Å². The van der Waals surface area contributed by atoms with E-state index in [0.717, 1.165) is 25.9 Å². The molecule has 6 nitrogen and oxygen atoms in total. The first kappa shape index (κ1) is 15.9. The van der Waals surface area contributed by atoms with Crippen LogP contribution in [0.3, 0.4) is 0 Å². The zero-order valence-corrected chi connectivity index (χ0v) is 12.1. The van der Waals surface area contributed by atoms with Crippen LogP contribution < -0.4 is 11.1 Å². The number of ether oxygens (including phenoxy) is 1. The summed E-state index contributed by atoms with van der Waals surface area (Å²) in [6.07, 6.45) is 1.45. The maximum atomic E-state index is 12.8. The van der Waals surface area contributed by atoms with Gasteiger partial charge in [-0.15, -0.1) is 0 Å². The van der Waals surface area contributed by atoms with Crippen molar-refractivity contribution >= 4 is 11.8 Å². The fraction of sp³-hybridized carbons (Fsp3) is 0.846. The summed E-state index contributed by atoms with van der Waals surface area (Å²) < 4.78 is 5.25. The Kier molecular flexibility index (Phi) is 5.75. The molecule has 1 fully saturated rings. The summed E-state index contributed by atoms with van der Waals surface area (Å²) in [5.74, 6) is -0.506. The maximum Gasteiger partial charge on any atom is 0.237 e. The molecule has 0 saturated carbocycles. The van der Waals surface area contributed by atoms with E-state index in [2.05, 4.69) is 5.32 Å². The lowest BCUT2D eigenvalue weighted by atomic mass is 9.78. The number of carbonyl (C=O) groups is 2. The number of carbonyl (C=O) groups excluding carboxylic acids is 2. The summed E-state index contributed by atoms with van der Waals surface area (Å²) in [7, 11) is 1.60. The van der Waals surface area contributed by atoms with Gasteiger partial charge in [0.05, 0.1) is 18.6 Å². The first-order valence-corrected chi connectivity index (χ1v) is 6.72. The molecular weight excluding hydrogens is 246 g/mol. The van der Waals surface area contributed by atoms with E-state index in [1.807, 2.05) is 13.8 Å². The van der Waals surface area contributed by atoms with Crippen LogP contribution in [0.4, 0.5) is 0 Å². The van der Waals surface area contributed by atoms with Crippen molar-refractivity contribution < 1.29 is 14.3 Å². The lowest BCUT2D eigenvalue weighted by Gasteiger charge is -2.40. The number of nitrogens with two attached hydrogens (primary N) is 1. The van der Waals surface area contributed by atoms with Crippen LogP contribution in [0.15, 0.2) is 0 Å². The smallest absolute Gasteiger partial charge is 0.237 e. The van der Waals surface area contributed by atoms with E-state index in [-0.39, 0.29) is 18.5 Å². The number of piperidine rings is 1. The monoisotopic (exact) mass is 271 g/mol. The van der Waals surface area contributed by atoms with Gasteiger partial charge in [0.15, 0.2) is 0 Å². The Hall–Kier alpha value is -1.14. The lowest BCUT2D eigenvalue weighted by molar-refractivity contribution is -0.151. The Labute approximate surface area is 114 Å². The van der Waals surface area contributed by atoms with E-state index in [4.69, 9.17) is 10.5 Å². The number of methoxy groups -OCH3 is 1. The van der Waals surface area contributed by atoms with Crippen LogP contribution in [0.25, 0.3) is 0 Å². The van der Waals surface area contributed by atoms with Crippen molar-refractivity contribution in [2.75, 3.05) is 33.4 Å². The molecule has 1 rings (SSSR count). The highest BCUT2D eigenvalue weighted by Crippen LogP contribution is 2.32. The molecule has 110 valence electrons. The molecule has 1 aliphatic rings. The third-order valence-electron chi connectivity index (χ3n) is 3.65. The highest BCUT2D eigenvalue weighted by Gasteiger charge is 2.43. The largest absolute Gasteiger partial charge is 0.384 e. The molecule has 0 aromatic heterocycles. The van der Waals surface area contributed by atoms with Crippen LogP contribution in [0.1, 0.15) is 26.7 Å². The number of hydrogen-bond acceptors (Lipinski definition) is 4. The Morgan fingerprint density at radius 2 is 1.95 bits per heavy atom. The second-order valence-corrected chi connectivity index (χ2v) is 5.46. The van der Waals surface area contributed by atoms with Crippen molar-refractivity contribution in [1.29, 1.82) is 0 Å². The van der Waals surface area contributed by atoms with Crippen LogP contribution >= 0.6 is 0 Å². The molecule has 1 aliphatic heterocycles. The zero-order valence-electron chi connectivity index (χ0n) is 12.1. The first-order valence-electron chi connectivity index (χ1n) is 6.72. The number of primary amides is 1. The van der Waals surface area contributed by atoms with Crippen molar-refractivity contribution in [1.82, 2.24) is 10.2 Å². The fourth-order valence-electron chi connectivity index (χ4n) is 2.56. The van der Waals surface area contributed by atoms with Crippen LogP contribution in [-0.2, 0) is 14.3 Å². The number of rotatable bonds is 6. The van der Waals surface area contributed by atoms with E-state index < -0.39 is 11.3 Å². The van der Waals surface area contributed by atoms with Gasteiger partial charge in [0.2, 0.25) is 11.8 Å². The summed E-state index contributed by atoms with van der Waals surface area (Å²) >= 11 is 0. The lowest BCUT2D eigenvalue weighted by Crippen LogP contribution is -2.55. The molecule has 0 unspecified atom stereocenters. The summed E-state index contributed by atoms with van der Waals surface area (Å²) in [5.41, 5.74) is 4.71. The van der Waals surface area contributed by atoms with Crippen LogP contribution in [0.2, 0.25) is 0 Å². The first-order chi connectivity index (χ1) is 8.93. The molecule has 2 amide bonds. The topological polar surface area (TPSA) is 84.7 Å². The van der Waals surface area contributed by atoms with Crippen LogP contribution in [0, 0.1) is 5.41 Å². The predicted octanol–water partition coefficient (Wildman–Crippen LogP) is -0.275. The van der Waals surface area contributed by atoms with E-state index in [0.29, 0.717) is 6.61 Å². The molecule has 1 heterocycles. The molecule has 0 radical (unpaired) electrons. The summed E-state index contributed by atoms with van der Waals surface area (Å²) in [4.78, 5) is 25.5. The average molecular weight is 271 g/mol. The average Bonchev–Trinajstić information content (AvgIpc) is 2.36. The van der Waals surface area contributed by atoms with Crippen molar-refractivity contribution in [3.63, 3.8) is 0 Å². The molecule has 0 atom stereocenters. The molecule has 0 bridgehead atoms. The fourth-order valence-corrected chi connectivity index (χ4v) is 2.56. The highest BCUT2D eigenvalue weighted by atomic mass is 16.5. The second kappa shape index (κ2) is 6.86. The molecule has 0 spiro atoms. The van der Waals surface area contributed by atoms with E-state index in [1.165, 1.54) is 0 Å². The minimum absolute atomic E-state index is 0.0235. The summed E-state index contributed by atoms with van der Waals surface area (Å²) in [5, 5.41) is 3.24. The molecule has 6 heteroatoms. The Morgan fingerprint density at radius 1 is 1.37 bits per heavy atom. The zero-order chi connectivity index (χ0) is 14.5. The van der Waals surface area contributed by atoms with Crippen LogP contribution in [-0.4, -0.2) is 56.1 Å². The molecule has 3 N–H and O–H groups in total. The molecule has 19 heavy (non-hydrogen) atoms. The quantitative estimate of drug-likeness (QED) is 0.696. The van der Waals surface area contributed by atoms with Crippen molar-refractivity contribution in [3.8, 4) is 0 Å². The normalized spacial score (nSPS) is 18.3. The Morgan fingerprint density at radius 3 is 2.37 bits per heavy atom. The van der Waals surface area contributed by atoms with Gasteiger partial charge < -0.3 is 20.7 Å². The third kappa shape index (κ3) is 3.91. The van der Waals surface area contributed by atoms with Gasteiger partial charge in [-0.3, -0.25) is 9.59 Å². The van der Waals surface area contributed by atoms with Crippen molar-refractivity contribution in [2.24, 2.45) is 11.1 Å². The maximum absolute atomic E-state index is 12.8. The van der Waals surface area contributed by atoms with E-state index >= 15 is 0 Å². The second-order valence-electron chi connectivity index (χ2n) is 5.46. The predicted molar refractivity (Wildman–Crippen MR) is 72.5 cm³/mol. The summed E-state index contributed by atoms with van der Waals surface area (Å²) in [6.45, 7) is 5.71. The molecule has 1 saturated heterocycles. The Balaban J connectivity index is 2.92. The standard InChI is InChI=1S/C13H25N3O3/c1-10(2)16(8-11(14)17)12(18)13(9-19-3)4-6-15-7-5-13/h10,15H,4-9H2,1-3H3,(H2,14,17). The van der Waals surface area contributed by atoms with Gasteiger partial charge >= 0.3 is 0 Å². The Bertz CT molecular complexity index is 320. The van der Waals surface area contributed by atoms with Gasteiger partial charge in [-0.25, -0.2) is 0 Å². The SMILES string of the molecule is COCC1(C(=O)N(CC(N)=O)C(C)C)CCNCC1. The minimum atomic E-state index is -0.528. The van der Waals surface area contributed by atoms with Gasteiger partial charge in [-0.1, -0.05) is 0 Å². The van der Waals surface area contributed by atoms with Gasteiger partial charge in [0.1, 0.15) is 0 Å². The third-order valence-corrected chi connectivity index (χ3v) is 3.65. The molecule has 0 aliphatic carbocycles. The van der Waals surface area contributed by atoms with Crippen molar-refractivity contribution in [2.45, 2.75) is 32.7 Å². The molecule has 0 aromatic rings. The van der Waals surface area contributed by atoms with Gasteiger partial charge in [0.25, 0.3) is 0 Å². The number of amides is 2. The van der Waals surface area contributed by atoms with Crippen LogP contribution in [0.5, 0.6) is 0 Å². The number of nitrogens with zero attached hydrogens (tertiary/aromatic N) is 1. The highest BCUT2D eigenvalue weighted by molar-refractivity contribution is 5.88. The summed E-state index contributed by atoms with van der Waals surface area (Å²) in [6, 6.07) is -0.0522. The van der Waals surface area contributed by atoms with Gasteiger partial charge in [-0.05, 0) is 39.8 Å². The van der Waals surface area contributed by atoms with Crippen molar-refractivity contribution in [3.05, 3.63) is 0 Å². The van der Waals surface area contributed by atoms with E-state index in [9.17, 15) is 9.59 Å². The minimum Gasteiger partial charge on any atom is -0.384 e. The number of hydrogen-bond donors (Lipinski definition) is 2. The molecular formula is C13H25N3O3. The number of nitrogens with one attached hydrogen (secondary N) is 1.